The Kier molecular flexibility index (Phi) is 4.42. The van der Waals surface area contributed by atoms with E-state index in [9.17, 15) is 24.1 Å². The van der Waals surface area contributed by atoms with Gasteiger partial charge in [0.25, 0.3) is 11.6 Å². The van der Waals surface area contributed by atoms with Crippen LogP contribution in [0.3, 0.4) is 0 Å². The van der Waals surface area contributed by atoms with Crippen molar-refractivity contribution in [1.82, 2.24) is 5.32 Å². The van der Waals surface area contributed by atoms with Crippen molar-refractivity contribution in [2.75, 3.05) is 11.4 Å². The number of carbonyl (C=O) groups is 2. The lowest BCUT2D eigenvalue weighted by atomic mass is 10.0. The van der Waals surface area contributed by atoms with E-state index in [1.165, 1.54) is 47.4 Å². The van der Waals surface area contributed by atoms with E-state index in [1.54, 1.807) is 6.07 Å². The van der Waals surface area contributed by atoms with Crippen molar-refractivity contribution >= 4 is 23.2 Å². The van der Waals surface area contributed by atoms with E-state index in [2.05, 4.69) is 5.32 Å². The van der Waals surface area contributed by atoms with Crippen LogP contribution in [0, 0.1) is 15.9 Å². The molecule has 2 aromatic rings. The van der Waals surface area contributed by atoms with E-state index < -0.39 is 22.7 Å². The number of hydrogen-bond acceptors (Lipinski definition) is 4. The first-order chi connectivity index (χ1) is 12.0. The number of benzene rings is 2. The van der Waals surface area contributed by atoms with Crippen molar-refractivity contribution in [2.45, 2.75) is 12.5 Å². The summed E-state index contributed by atoms with van der Waals surface area (Å²) in [6.07, 6.45) is -0.183. The van der Waals surface area contributed by atoms with Gasteiger partial charge in [-0.1, -0.05) is 18.2 Å². The Bertz CT molecular complexity index is 838. The zero-order valence-corrected chi connectivity index (χ0v) is 13.0. The molecule has 2 amide bonds. The number of nitro benzene ring substituents is 1. The molecule has 0 aromatic heterocycles. The van der Waals surface area contributed by atoms with Crippen molar-refractivity contribution < 1.29 is 18.9 Å². The highest BCUT2D eigenvalue weighted by Gasteiger charge is 2.38. The minimum atomic E-state index is -0.680. The Morgan fingerprint density at radius 2 is 1.92 bits per heavy atom. The molecule has 1 saturated heterocycles. The lowest BCUT2D eigenvalue weighted by molar-refractivity contribution is -0.385. The van der Waals surface area contributed by atoms with Crippen LogP contribution in [0.1, 0.15) is 5.56 Å². The van der Waals surface area contributed by atoms with Crippen LogP contribution in [-0.2, 0) is 16.0 Å². The number of nitrogens with one attached hydrogen (secondary N) is 1. The number of anilines is 1. The van der Waals surface area contributed by atoms with Crippen molar-refractivity contribution in [2.24, 2.45) is 0 Å². The summed E-state index contributed by atoms with van der Waals surface area (Å²) in [5.41, 5.74) is 0.702. The fourth-order valence-corrected chi connectivity index (χ4v) is 2.64. The SMILES string of the molecule is O=C(Cc1ccccc1[N+](=O)[O-])NC1CN(c2ccc(F)cc2)C1=O. The average Bonchev–Trinajstić information content (AvgIpc) is 2.59. The topological polar surface area (TPSA) is 92.5 Å². The van der Waals surface area contributed by atoms with E-state index in [-0.39, 0.29) is 30.1 Å². The van der Waals surface area contributed by atoms with Gasteiger partial charge in [-0.15, -0.1) is 0 Å². The zero-order valence-electron chi connectivity index (χ0n) is 13.0. The van der Waals surface area contributed by atoms with E-state index >= 15 is 0 Å². The molecule has 1 aliphatic rings. The summed E-state index contributed by atoms with van der Waals surface area (Å²) in [5.74, 6) is -1.17. The van der Waals surface area contributed by atoms with Crippen LogP contribution in [0.5, 0.6) is 0 Å². The lowest BCUT2D eigenvalue weighted by Crippen LogP contribution is -2.64. The second-order valence-electron chi connectivity index (χ2n) is 5.61. The first kappa shape index (κ1) is 16.6. The molecule has 3 rings (SSSR count). The minimum absolute atomic E-state index is 0.134. The number of hydrogen-bond donors (Lipinski definition) is 1. The molecule has 0 aliphatic carbocycles. The van der Waals surface area contributed by atoms with Gasteiger partial charge in [0.15, 0.2) is 0 Å². The molecule has 0 spiro atoms. The Hall–Kier alpha value is -3.29. The van der Waals surface area contributed by atoms with Crippen LogP contribution in [0.25, 0.3) is 0 Å². The van der Waals surface area contributed by atoms with Crippen molar-refractivity contribution in [3.05, 3.63) is 70.0 Å². The van der Waals surface area contributed by atoms with Crippen molar-refractivity contribution in [1.29, 1.82) is 0 Å². The standard InChI is InChI=1S/C17H14FN3O4/c18-12-5-7-13(8-6-12)20-10-14(17(20)23)19-16(22)9-11-3-1-2-4-15(11)21(24)25/h1-8,14H,9-10H2,(H,19,22). The maximum Gasteiger partial charge on any atom is 0.273 e. The van der Waals surface area contributed by atoms with Gasteiger partial charge in [-0.05, 0) is 24.3 Å². The molecule has 25 heavy (non-hydrogen) atoms. The summed E-state index contributed by atoms with van der Waals surface area (Å²) in [4.78, 5) is 36.0. The number of carbonyl (C=O) groups excluding carboxylic acids is 2. The maximum absolute atomic E-state index is 12.9. The molecule has 0 bridgehead atoms. The fourth-order valence-electron chi connectivity index (χ4n) is 2.64. The van der Waals surface area contributed by atoms with Crippen LogP contribution in [-0.4, -0.2) is 29.3 Å². The van der Waals surface area contributed by atoms with Gasteiger partial charge in [-0.3, -0.25) is 19.7 Å². The highest BCUT2D eigenvalue weighted by atomic mass is 19.1. The third kappa shape index (κ3) is 3.47. The van der Waals surface area contributed by atoms with Gasteiger partial charge in [0.2, 0.25) is 5.91 Å². The number of β-lactam (4-membered cyclic amide) rings is 1. The molecule has 1 N–H and O–H groups in total. The number of nitrogens with zero attached hydrogens (tertiary/aromatic N) is 2. The molecule has 2 aromatic carbocycles. The summed E-state index contributed by atoms with van der Waals surface area (Å²) in [5, 5.41) is 13.5. The quantitative estimate of drug-likeness (QED) is 0.509. The molecule has 8 heteroatoms. The van der Waals surface area contributed by atoms with Gasteiger partial charge in [0.05, 0.1) is 17.9 Å². The number of para-hydroxylation sites is 1. The molecular formula is C17H14FN3O4. The summed E-state index contributed by atoms with van der Waals surface area (Å²) < 4.78 is 12.9. The van der Waals surface area contributed by atoms with E-state index in [0.717, 1.165) is 0 Å². The zero-order chi connectivity index (χ0) is 18.0. The first-order valence-electron chi connectivity index (χ1n) is 7.54. The van der Waals surface area contributed by atoms with Crippen LogP contribution >= 0.6 is 0 Å². The van der Waals surface area contributed by atoms with Crippen LogP contribution in [0.4, 0.5) is 15.8 Å². The predicted molar refractivity (Wildman–Crippen MR) is 87.5 cm³/mol. The molecule has 1 unspecified atom stereocenters. The Labute approximate surface area is 142 Å². The van der Waals surface area contributed by atoms with Gasteiger partial charge < -0.3 is 10.2 Å². The second-order valence-corrected chi connectivity index (χ2v) is 5.61. The monoisotopic (exact) mass is 343 g/mol. The smallest absolute Gasteiger partial charge is 0.273 e. The van der Waals surface area contributed by atoms with Crippen LogP contribution < -0.4 is 10.2 Å². The molecule has 1 heterocycles. The van der Waals surface area contributed by atoms with Crippen molar-refractivity contribution in [3.63, 3.8) is 0 Å². The molecule has 128 valence electrons. The third-order valence-corrected chi connectivity index (χ3v) is 3.94. The second kappa shape index (κ2) is 6.68. The summed E-state index contributed by atoms with van der Waals surface area (Å²) in [7, 11) is 0. The minimum Gasteiger partial charge on any atom is -0.342 e. The molecule has 1 atom stereocenters. The largest absolute Gasteiger partial charge is 0.342 e. The lowest BCUT2D eigenvalue weighted by Gasteiger charge is -2.38. The first-order valence-corrected chi connectivity index (χ1v) is 7.54. The number of rotatable bonds is 5. The molecule has 1 aliphatic heterocycles. The van der Waals surface area contributed by atoms with Crippen molar-refractivity contribution in [3.8, 4) is 0 Å². The van der Waals surface area contributed by atoms with Crippen LogP contribution in [0.15, 0.2) is 48.5 Å². The van der Waals surface area contributed by atoms with E-state index in [4.69, 9.17) is 0 Å². The highest BCUT2D eigenvalue weighted by Crippen LogP contribution is 2.23. The number of halogens is 1. The van der Waals surface area contributed by atoms with Gasteiger partial charge >= 0.3 is 0 Å². The molecule has 0 saturated carbocycles. The summed E-state index contributed by atoms with van der Waals surface area (Å²) in [6.45, 7) is 0.271. The average molecular weight is 343 g/mol. The Morgan fingerprint density at radius 3 is 2.56 bits per heavy atom. The fraction of sp³-hybridized carbons (Fsp3) is 0.176. The third-order valence-electron chi connectivity index (χ3n) is 3.94. The molecule has 1 fully saturated rings. The molecule has 0 radical (unpaired) electrons. The van der Waals surface area contributed by atoms with Gasteiger partial charge in [-0.25, -0.2) is 4.39 Å². The normalized spacial score (nSPS) is 16.3. The molecule has 7 nitrogen and oxygen atoms in total. The van der Waals surface area contributed by atoms with Gasteiger partial charge in [0, 0.05) is 17.3 Å². The summed E-state index contributed by atoms with van der Waals surface area (Å²) in [6, 6.07) is 10.8. The van der Waals surface area contributed by atoms with E-state index in [0.29, 0.717) is 5.69 Å². The maximum atomic E-state index is 12.9. The predicted octanol–water partition coefficient (Wildman–Crippen LogP) is 1.81. The highest BCUT2D eigenvalue weighted by molar-refractivity contribution is 6.05. The Morgan fingerprint density at radius 1 is 1.24 bits per heavy atom. The Balaban J connectivity index is 1.59. The van der Waals surface area contributed by atoms with E-state index in [1.807, 2.05) is 0 Å². The molecular weight excluding hydrogens is 329 g/mol. The number of amides is 2. The van der Waals surface area contributed by atoms with Gasteiger partial charge in [-0.2, -0.15) is 0 Å². The van der Waals surface area contributed by atoms with Crippen LogP contribution in [0.2, 0.25) is 0 Å². The number of nitro groups is 1. The van der Waals surface area contributed by atoms with Gasteiger partial charge in [0.1, 0.15) is 11.9 Å². The summed E-state index contributed by atoms with van der Waals surface area (Å²) >= 11 is 0.